The number of alkyl halides is 1. The first-order valence-corrected chi connectivity index (χ1v) is 7.99. The number of aliphatic hydroxyl groups is 1. The van der Waals surface area contributed by atoms with E-state index in [9.17, 15) is 5.11 Å². The zero-order valence-corrected chi connectivity index (χ0v) is 12.9. The molecule has 3 nitrogen and oxygen atoms in total. The van der Waals surface area contributed by atoms with Crippen LogP contribution in [0.4, 0.5) is 11.4 Å². The first-order valence-electron chi connectivity index (χ1n) is 6.57. The minimum absolute atomic E-state index is 0.230. The van der Waals surface area contributed by atoms with Crippen LogP contribution < -0.4 is 10.6 Å². The van der Waals surface area contributed by atoms with E-state index >= 15 is 0 Å². The number of benzene rings is 1. The highest BCUT2D eigenvalue weighted by Gasteiger charge is 2.09. The van der Waals surface area contributed by atoms with Crippen molar-refractivity contribution in [1.82, 2.24) is 0 Å². The molecule has 2 atom stereocenters. The van der Waals surface area contributed by atoms with Crippen LogP contribution in [0.15, 0.2) is 41.8 Å². The second-order valence-electron chi connectivity index (χ2n) is 4.62. The summed E-state index contributed by atoms with van der Waals surface area (Å²) in [5, 5.41) is 18.3. The number of rotatable bonds is 7. The number of halogens is 1. The lowest BCUT2D eigenvalue weighted by Gasteiger charge is -2.19. The quantitative estimate of drug-likeness (QED) is 0.679. The summed E-state index contributed by atoms with van der Waals surface area (Å²) in [6.07, 6.45) is -0.542. The highest BCUT2D eigenvalue weighted by atomic mass is 35.5. The first-order chi connectivity index (χ1) is 9.70. The largest absolute Gasteiger partial charge is 0.390 e. The van der Waals surface area contributed by atoms with Crippen molar-refractivity contribution in [3.05, 3.63) is 46.7 Å². The van der Waals surface area contributed by atoms with Gasteiger partial charge < -0.3 is 15.7 Å². The average Bonchev–Trinajstić information content (AvgIpc) is 3.00. The van der Waals surface area contributed by atoms with Gasteiger partial charge in [0.2, 0.25) is 0 Å². The highest BCUT2D eigenvalue weighted by molar-refractivity contribution is 7.10. The Morgan fingerprint density at radius 3 is 2.60 bits per heavy atom. The molecule has 1 aromatic heterocycles. The van der Waals surface area contributed by atoms with Crippen molar-refractivity contribution >= 4 is 34.3 Å². The summed E-state index contributed by atoms with van der Waals surface area (Å²) in [7, 11) is 0. The standard InChI is InChI=1S/C15H19ClN2OS/c1-11(15-7-4-8-20-15)18-14-6-3-2-5-13(14)17-10-12(19)9-16/h2-8,11-12,17-19H,9-10H2,1H3. The summed E-state index contributed by atoms with van der Waals surface area (Å²) in [6.45, 7) is 2.58. The van der Waals surface area contributed by atoms with Crippen molar-refractivity contribution < 1.29 is 5.11 Å². The Kier molecular flexibility index (Phi) is 5.71. The van der Waals surface area contributed by atoms with Gasteiger partial charge in [0.25, 0.3) is 0 Å². The summed E-state index contributed by atoms with van der Waals surface area (Å²) in [5.41, 5.74) is 2.00. The Morgan fingerprint density at radius 2 is 1.95 bits per heavy atom. The molecule has 0 radical (unpaired) electrons. The van der Waals surface area contributed by atoms with Crippen LogP contribution in [0.2, 0.25) is 0 Å². The molecule has 20 heavy (non-hydrogen) atoms. The molecule has 2 rings (SSSR count). The number of anilines is 2. The van der Waals surface area contributed by atoms with Crippen LogP contribution in [-0.2, 0) is 0 Å². The van der Waals surface area contributed by atoms with Crippen molar-refractivity contribution in [2.24, 2.45) is 0 Å². The van der Waals surface area contributed by atoms with E-state index in [0.29, 0.717) is 6.54 Å². The molecule has 2 aromatic rings. The Morgan fingerprint density at radius 1 is 1.20 bits per heavy atom. The minimum atomic E-state index is -0.542. The molecule has 0 aliphatic rings. The number of aliphatic hydroxyl groups excluding tert-OH is 1. The normalized spacial score (nSPS) is 13.8. The smallest absolute Gasteiger partial charge is 0.0847 e. The van der Waals surface area contributed by atoms with Gasteiger partial charge in [-0.05, 0) is 30.5 Å². The lowest BCUT2D eigenvalue weighted by Crippen LogP contribution is -2.21. The summed E-state index contributed by atoms with van der Waals surface area (Å²) in [6, 6.07) is 12.4. The third-order valence-corrected chi connectivity index (χ3v) is 4.39. The van der Waals surface area contributed by atoms with Gasteiger partial charge in [0.15, 0.2) is 0 Å². The topological polar surface area (TPSA) is 44.3 Å². The maximum Gasteiger partial charge on any atom is 0.0847 e. The molecule has 5 heteroatoms. The number of hydrogen-bond acceptors (Lipinski definition) is 4. The van der Waals surface area contributed by atoms with E-state index in [2.05, 4.69) is 35.1 Å². The molecule has 0 spiro atoms. The molecule has 3 N–H and O–H groups in total. The van der Waals surface area contributed by atoms with Crippen molar-refractivity contribution in [2.75, 3.05) is 23.1 Å². The maximum absolute atomic E-state index is 9.53. The van der Waals surface area contributed by atoms with Gasteiger partial charge >= 0.3 is 0 Å². The van der Waals surface area contributed by atoms with Gasteiger partial charge in [0, 0.05) is 11.4 Å². The van der Waals surface area contributed by atoms with Crippen molar-refractivity contribution in [1.29, 1.82) is 0 Å². The molecule has 0 saturated carbocycles. The number of thiophene rings is 1. The van der Waals surface area contributed by atoms with Crippen molar-refractivity contribution in [3.8, 4) is 0 Å². The Balaban J connectivity index is 2.04. The van der Waals surface area contributed by atoms with Crippen LogP contribution in [0.3, 0.4) is 0 Å². The van der Waals surface area contributed by atoms with E-state index in [1.54, 1.807) is 11.3 Å². The van der Waals surface area contributed by atoms with Crippen LogP contribution in [0, 0.1) is 0 Å². The van der Waals surface area contributed by atoms with E-state index in [1.165, 1.54) is 4.88 Å². The predicted molar refractivity (Wildman–Crippen MR) is 88.0 cm³/mol. The van der Waals surface area contributed by atoms with E-state index in [1.807, 2.05) is 24.3 Å². The van der Waals surface area contributed by atoms with Gasteiger partial charge in [0.1, 0.15) is 0 Å². The molecule has 2 unspecified atom stereocenters. The summed E-state index contributed by atoms with van der Waals surface area (Å²) in [4.78, 5) is 1.29. The Labute approximate surface area is 128 Å². The molecular formula is C15H19ClN2OS. The van der Waals surface area contributed by atoms with Crippen molar-refractivity contribution in [3.63, 3.8) is 0 Å². The van der Waals surface area contributed by atoms with Gasteiger partial charge in [-0.2, -0.15) is 0 Å². The number of nitrogens with one attached hydrogen (secondary N) is 2. The summed E-state index contributed by atoms with van der Waals surface area (Å²) < 4.78 is 0. The fraction of sp³-hybridized carbons (Fsp3) is 0.333. The zero-order chi connectivity index (χ0) is 14.4. The molecule has 0 aliphatic heterocycles. The second-order valence-corrected chi connectivity index (χ2v) is 5.90. The molecule has 0 saturated heterocycles. The predicted octanol–water partition coefficient (Wildman–Crippen LogP) is 3.93. The lowest BCUT2D eigenvalue weighted by molar-refractivity contribution is 0.211. The fourth-order valence-corrected chi connectivity index (χ4v) is 2.73. The molecular weight excluding hydrogens is 292 g/mol. The molecule has 0 fully saturated rings. The van der Waals surface area contributed by atoms with Crippen LogP contribution in [0.5, 0.6) is 0 Å². The van der Waals surface area contributed by atoms with Gasteiger partial charge in [-0.1, -0.05) is 18.2 Å². The molecule has 0 bridgehead atoms. The zero-order valence-electron chi connectivity index (χ0n) is 11.3. The van der Waals surface area contributed by atoms with Gasteiger partial charge in [-0.3, -0.25) is 0 Å². The van der Waals surface area contributed by atoms with E-state index < -0.39 is 6.10 Å². The average molecular weight is 311 g/mol. The highest BCUT2D eigenvalue weighted by Crippen LogP contribution is 2.27. The fourth-order valence-electron chi connectivity index (χ4n) is 1.89. The van der Waals surface area contributed by atoms with E-state index in [0.717, 1.165) is 11.4 Å². The maximum atomic E-state index is 9.53. The molecule has 0 aliphatic carbocycles. The van der Waals surface area contributed by atoms with E-state index in [4.69, 9.17) is 11.6 Å². The van der Waals surface area contributed by atoms with Crippen LogP contribution in [0.1, 0.15) is 17.8 Å². The molecule has 0 amide bonds. The minimum Gasteiger partial charge on any atom is -0.390 e. The van der Waals surface area contributed by atoms with E-state index in [-0.39, 0.29) is 11.9 Å². The Hall–Kier alpha value is -1.23. The number of hydrogen-bond donors (Lipinski definition) is 3. The van der Waals surface area contributed by atoms with Gasteiger partial charge in [0.05, 0.1) is 29.4 Å². The molecule has 108 valence electrons. The van der Waals surface area contributed by atoms with Gasteiger partial charge in [-0.15, -0.1) is 22.9 Å². The third kappa shape index (κ3) is 4.13. The third-order valence-electron chi connectivity index (χ3n) is 2.98. The SMILES string of the molecule is CC(Nc1ccccc1NCC(O)CCl)c1cccs1. The summed E-state index contributed by atoms with van der Waals surface area (Å²) in [5.74, 6) is 0.230. The van der Waals surface area contributed by atoms with Gasteiger partial charge in [-0.25, -0.2) is 0 Å². The monoisotopic (exact) mass is 310 g/mol. The Bertz CT molecular complexity index is 518. The lowest BCUT2D eigenvalue weighted by atomic mass is 10.2. The summed E-state index contributed by atoms with van der Waals surface area (Å²) >= 11 is 7.34. The van der Waals surface area contributed by atoms with Crippen molar-refractivity contribution in [2.45, 2.75) is 19.1 Å². The molecule has 1 heterocycles. The number of para-hydroxylation sites is 2. The second kappa shape index (κ2) is 7.53. The van der Waals surface area contributed by atoms with Crippen LogP contribution >= 0.6 is 22.9 Å². The first kappa shape index (κ1) is 15.2. The van der Waals surface area contributed by atoms with Crippen LogP contribution in [0.25, 0.3) is 0 Å². The van der Waals surface area contributed by atoms with Crippen LogP contribution in [-0.4, -0.2) is 23.6 Å². The molecule has 1 aromatic carbocycles.